The number of carboxylic acid groups (broad SMARTS) is 2. The van der Waals surface area contributed by atoms with Gasteiger partial charge in [0.2, 0.25) is 0 Å². The van der Waals surface area contributed by atoms with Crippen LogP contribution in [0.15, 0.2) is 24.3 Å². The highest BCUT2D eigenvalue weighted by molar-refractivity contribution is 5.75. The van der Waals surface area contributed by atoms with Gasteiger partial charge in [0, 0.05) is 0 Å². The molecule has 0 aliphatic carbocycles. The summed E-state index contributed by atoms with van der Waals surface area (Å²) in [6, 6.07) is 4.84. The van der Waals surface area contributed by atoms with Gasteiger partial charge < -0.3 is 10.2 Å². The molecule has 0 saturated heterocycles. The third-order valence-electron chi connectivity index (χ3n) is 2.88. The fourth-order valence-corrected chi connectivity index (χ4v) is 1.90. The highest BCUT2D eigenvalue weighted by Gasteiger charge is 2.38. The Bertz CT molecular complexity index is 571. The first-order chi connectivity index (χ1) is 9.60. The Morgan fingerprint density at radius 1 is 1.00 bits per heavy atom. The summed E-state index contributed by atoms with van der Waals surface area (Å²) in [5.74, 6) is -2.84. The van der Waals surface area contributed by atoms with E-state index in [1.165, 1.54) is 0 Å². The van der Waals surface area contributed by atoms with E-state index >= 15 is 0 Å². The van der Waals surface area contributed by atoms with Crippen LogP contribution in [0.5, 0.6) is 0 Å². The van der Waals surface area contributed by atoms with Gasteiger partial charge in [-0.05, 0) is 17.7 Å². The molecular formula is C13H10F3NO4. The lowest BCUT2D eigenvalue weighted by Gasteiger charge is -2.23. The smallest absolute Gasteiger partial charge is 0.416 e. The molecule has 8 heteroatoms. The largest absolute Gasteiger partial charge is 0.481 e. The second-order valence-electron chi connectivity index (χ2n) is 4.41. The Morgan fingerprint density at radius 3 is 1.67 bits per heavy atom. The molecule has 1 rings (SSSR count). The number of aliphatic carboxylic acids is 2. The van der Waals surface area contributed by atoms with Crippen molar-refractivity contribution in [2.75, 3.05) is 0 Å². The number of halogens is 3. The number of nitriles is 1. The molecule has 1 aromatic carbocycles. The molecule has 0 amide bonds. The molecule has 0 radical (unpaired) electrons. The first-order valence-corrected chi connectivity index (χ1v) is 5.63. The third kappa shape index (κ3) is 3.95. The summed E-state index contributed by atoms with van der Waals surface area (Å²) in [6.45, 7) is 0. The first-order valence-electron chi connectivity index (χ1n) is 5.63. The van der Waals surface area contributed by atoms with Gasteiger partial charge in [-0.2, -0.15) is 18.4 Å². The zero-order valence-electron chi connectivity index (χ0n) is 10.5. The van der Waals surface area contributed by atoms with Crippen LogP contribution in [0.4, 0.5) is 13.2 Å². The summed E-state index contributed by atoms with van der Waals surface area (Å²) < 4.78 is 37.4. The topological polar surface area (TPSA) is 98.4 Å². The van der Waals surface area contributed by atoms with Crippen molar-refractivity contribution in [3.63, 3.8) is 0 Å². The van der Waals surface area contributed by atoms with E-state index in [9.17, 15) is 22.8 Å². The van der Waals surface area contributed by atoms with Crippen molar-refractivity contribution in [2.24, 2.45) is 0 Å². The van der Waals surface area contributed by atoms with Gasteiger partial charge in [-0.1, -0.05) is 12.1 Å². The van der Waals surface area contributed by atoms with Gasteiger partial charge in [0.15, 0.2) is 0 Å². The molecule has 0 fully saturated rings. The van der Waals surface area contributed by atoms with Crippen LogP contribution in [-0.4, -0.2) is 22.2 Å². The number of hydrogen-bond donors (Lipinski definition) is 2. The molecule has 0 aliphatic rings. The van der Waals surface area contributed by atoms with Crippen LogP contribution < -0.4 is 0 Å². The average Bonchev–Trinajstić information content (AvgIpc) is 2.35. The molecule has 0 aromatic heterocycles. The molecule has 0 bridgehead atoms. The van der Waals surface area contributed by atoms with Crippen molar-refractivity contribution in [1.82, 2.24) is 0 Å². The van der Waals surface area contributed by atoms with Crippen LogP contribution in [0, 0.1) is 11.3 Å². The molecule has 0 spiro atoms. The summed E-state index contributed by atoms with van der Waals surface area (Å²) in [4.78, 5) is 21.7. The summed E-state index contributed by atoms with van der Waals surface area (Å²) in [7, 11) is 0. The van der Waals surface area contributed by atoms with Crippen molar-refractivity contribution in [3.05, 3.63) is 35.4 Å². The van der Waals surface area contributed by atoms with E-state index < -0.39 is 41.9 Å². The van der Waals surface area contributed by atoms with Crippen LogP contribution in [0.2, 0.25) is 0 Å². The minimum atomic E-state index is -4.58. The Labute approximate surface area is 117 Å². The standard InChI is InChI=1S/C13H10F3NO4/c14-13(15,16)9-3-1-8(2-4-9)12(7-17,5-10(18)19)6-11(20)21/h1-4H,5-6H2,(H,18,19)(H,20,21). The van der Waals surface area contributed by atoms with Gasteiger partial charge in [0.1, 0.15) is 5.41 Å². The maximum atomic E-state index is 12.5. The molecule has 0 heterocycles. The molecule has 0 atom stereocenters. The quantitative estimate of drug-likeness (QED) is 0.870. The van der Waals surface area contributed by atoms with Crippen LogP contribution in [0.3, 0.4) is 0 Å². The van der Waals surface area contributed by atoms with Gasteiger partial charge >= 0.3 is 18.1 Å². The van der Waals surface area contributed by atoms with E-state index in [0.717, 1.165) is 12.1 Å². The number of carboxylic acids is 2. The van der Waals surface area contributed by atoms with Crippen molar-refractivity contribution >= 4 is 11.9 Å². The fraction of sp³-hybridized carbons (Fsp3) is 0.308. The van der Waals surface area contributed by atoms with Crippen LogP contribution in [0.1, 0.15) is 24.0 Å². The van der Waals surface area contributed by atoms with Crippen LogP contribution >= 0.6 is 0 Å². The van der Waals surface area contributed by atoms with E-state index in [1.807, 2.05) is 0 Å². The van der Waals surface area contributed by atoms with Crippen molar-refractivity contribution in [1.29, 1.82) is 5.26 Å². The maximum Gasteiger partial charge on any atom is 0.416 e. The second-order valence-corrected chi connectivity index (χ2v) is 4.41. The first kappa shape index (κ1) is 16.5. The highest BCUT2D eigenvalue weighted by atomic mass is 19.4. The fourth-order valence-electron chi connectivity index (χ4n) is 1.90. The zero-order chi connectivity index (χ0) is 16.3. The molecule has 5 nitrogen and oxygen atoms in total. The van der Waals surface area contributed by atoms with Crippen molar-refractivity contribution in [3.8, 4) is 6.07 Å². The number of alkyl halides is 3. The Morgan fingerprint density at radius 2 is 1.38 bits per heavy atom. The maximum absolute atomic E-state index is 12.5. The molecule has 112 valence electrons. The lowest BCUT2D eigenvalue weighted by molar-refractivity contribution is -0.141. The monoisotopic (exact) mass is 301 g/mol. The Hall–Kier alpha value is -2.56. The summed E-state index contributed by atoms with van der Waals surface area (Å²) in [5, 5.41) is 26.8. The molecule has 2 N–H and O–H groups in total. The van der Waals surface area contributed by atoms with E-state index in [4.69, 9.17) is 15.5 Å². The molecule has 0 aliphatic heterocycles. The lowest BCUT2D eigenvalue weighted by Crippen LogP contribution is -2.30. The van der Waals surface area contributed by atoms with E-state index in [0.29, 0.717) is 12.1 Å². The lowest BCUT2D eigenvalue weighted by atomic mass is 9.76. The van der Waals surface area contributed by atoms with Crippen LogP contribution in [-0.2, 0) is 21.2 Å². The second kappa shape index (κ2) is 5.83. The SMILES string of the molecule is N#CC(CC(=O)O)(CC(=O)O)c1ccc(C(F)(F)F)cc1. The average molecular weight is 301 g/mol. The third-order valence-corrected chi connectivity index (χ3v) is 2.88. The summed E-state index contributed by atoms with van der Waals surface area (Å²) in [6.07, 6.45) is -6.21. The van der Waals surface area contributed by atoms with Gasteiger partial charge in [-0.3, -0.25) is 9.59 Å². The van der Waals surface area contributed by atoms with Gasteiger partial charge in [0.05, 0.1) is 24.5 Å². The molecular weight excluding hydrogens is 291 g/mol. The molecule has 0 unspecified atom stereocenters. The number of rotatable bonds is 5. The highest BCUT2D eigenvalue weighted by Crippen LogP contribution is 2.35. The van der Waals surface area contributed by atoms with Crippen molar-refractivity contribution < 1.29 is 33.0 Å². The van der Waals surface area contributed by atoms with E-state index in [-0.39, 0.29) is 5.56 Å². The molecule has 21 heavy (non-hydrogen) atoms. The number of nitrogens with zero attached hydrogens (tertiary/aromatic N) is 1. The predicted molar refractivity (Wildman–Crippen MR) is 63.2 cm³/mol. The minimum Gasteiger partial charge on any atom is -0.481 e. The predicted octanol–water partition coefficient (Wildman–Crippen LogP) is 2.42. The van der Waals surface area contributed by atoms with Gasteiger partial charge in [0.25, 0.3) is 0 Å². The van der Waals surface area contributed by atoms with E-state index in [1.54, 1.807) is 6.07 Å². The van der Waals surface area contributed by atoms with Gasteiger partial charge in [-0.25, -0.2) is 0 Å². The Kier molecular flexibility index (Phi) is 4.58. The van der Waals surface area contributed by atoms with Crippen molar-refractivity contribution in [2.45, 2.75) is 24.4 Å². The minimum absolute atomic E-state index is 0.0807. The molecule has 0 saturated carbocycles. The number of benzene rings is 1. The number of carbonyl (C=O) groups is 2. The van der Waals surface area contributed by atoms with E-state index in [2.05, 4.69) is 0 Å². The molecule has 1 aromatic rings. The Balaban J connectivity index is 3.29. The summed E-state index contributed by atoms with van der Waals surface area (Å²) in [5.41, 5.74) is -2.96. The van der Waals surface area contributed by atoms with Crippen LogP contribution in [0.25, 0.3) is 0 Å². The normalized spacial score (nSPS) is 11.7. The number of hydrogen-bond acceptors (Lipinski definition) is 3. The summed E-state index contributed by atoms with van der Waals surface area (Å²) >= 11 is 0. The van der Waals surface area contributed by atoms with Gasteiger partial charge in [-0.15, -0.1) is 0 Å². The zero-order valence-corrected chi connectivity index (χ0v) is 10.5.